The van der Waals surface area contributed by atoms with Crippen molar-refractivity contribution in [1.29, 1.82) is 5.26 Å². The van der Waals surface area contributed by atoms with Crippen molar-refractivity contribution in [2.75, 3.05) is 0 Å². The van der Waals surface area contributed by atoms with Crippen LogP contribution in [0.25, 0.3) is 0 Å². The number of nitro groups is 1. The fraction of sp³-hybridized carbons (Fsp3) is 0. The number of benzene rings is 2. The van der Waals surface area contributed by atoms with Crippen LogP contribution in [0.2, 0.25) is 0 Å². The lowest BCUT2D eigenvalue weighted by Crippen LogP contribution is -1.85. The third-order valence-electron chi connectivity index (χ3n) is 2.44. The van der Waals surface area contributed by atoms with Crippen LogP contribution in [0, 0.1) is 21.4 Å². The molecule has 1 N–H and O–H groups in total. The van der Waals surface area contributed by atoms with Crippen LogP contribution in [-0.4, -0.2) is 10.0 Å². The Bertz CT molecular complexity index is 717. The first-order chi connectivity index (χ1) is 9.60. The van der Waals surface area contributed by atoms with Gasteiger partial charge in [-0.1, -0.05) is 0 Å². The molecule has 0 saturated heterocycles. The Hall–Kier alpha value is -3.27. The van der Waals surface area contributed by atoms with Gasteiger partial charge in [0, 0.05) is 18.2 Å². The smallest absolute Gasteiger partial charge is 0.269 e. The number of hydrogen-bond donors (Lipinski definition) is 1. The predicted molar refractivity (Wildman–Crippen MR) is 70.1 cm³/mol. The van der Waals surface area contributed by atoms with Gasteiger partial charge in [-0.2, -0.15) is 15.5 Å². The maximum Gasteiger partial charge on any atom is 0.269 e. The summed E-state index contributed by atoms with van der Waals surface area (Å²) in [6, 6.07) is 11.7. The van der Waals surface area contributed by atoms with Gasteiger partial charge in [-0.25, -0.2) is 0 Å². The highest BCUT2D eigenvalue weighted by atomic mass is 16.6. The van der Waals surface area contributed by atoms with Gasteiger partial charge in [0.1, 0.15) is 11.8 Å². The van der Waals surface area contributed by atoms with Crippen LogP contribution in [0.15, 0.2) is 52.7 Å². The summed E-state index contributed by atoms with van der Waals surface area (Å²) in [5.74, 6) is -0.173. The number of non-ortho nitro benzene ring substituents is 1. The Morgan fingerprint density at radius 2 is 1.70 bits per heavy atom. The minimum Gasteiger partial charge on any atom is -0.506 e. The second-order valence-electron chi connectivity index (χ2n) is 3.79. The number of phenolic OH excluding ortho intramolecular Hbond substituents is 1. The molecule has 7 heteroatoms. The van der Waals surface area contributed by atoms with E-state index in [0.717, 1.165) is 0 Å². The molecule has 2 aromatic carbocycles. The number of nitriles is 1. The molecule has 98 valence electrons. The van der Waals surface area contributed by atoms with Crippen LogP contribution < -0.4 is 0 Å². The molecule has 2 rings (SSSR count). The van der Waals surface area contributed by atoms with Crippen LogP contribution in [-0.2, 0) is 0 Å². The molecular formula is C13H8N4O3. The van der Waals surface area contributed by atoms with Gasteiger partial charge in [0.15, 0.2) is 0 Å². The number of aromatic hydroxyl groups is 1. The summed E-state index contributed by atoms with van der Waals surface area (Å²) in [5, 5.41) is 36.4. The SMILES string of the molecule is N#Cc1ccc(/N=N/c2ccc([N+](=O)[O-])cc2)cc1O. The maximum atomic E-state index is 10.5. The fourth-order valence-electron chi connectivity index (χ4n) is 1.43. The molecule has 0 amide bonds. The van der Waals surface area contributed by atoms with Gasteiger partial charge in [-0.3, -0.25) is 10.1 Å². The van der Waals surface area contributed by atoms with Gasteiger partial charge in [0.25, 0.3) is 5.69 Å². The van der Waals surface area contributed by atoms with E-state index >= 15 is 0 Å². The molecule has 0 aliphatic carbocycles. The van der Waals surface area contributed by atoms with E-state index in [1.54, 1.807) is 0 Å². The molecule has 2 aromatic rings. The van der Waals surface area contributed by atoms with E-state index in [1.165, 1.54) is 42.5 Å². The van der Waals surface area contributed by atoms with E-state index in [2.05, 4.69) is 10.2 Å². The summed E-state index contributed by atoms with van der Waals surface area (Å²) in [4.78, 5) is 9.99. The molecule has 20 heavy (non-hydrogen) atoms. The molecule has 0 aromatic heterocycles. The van der Waals surface area contributed by atoms with Crippen molar-refractivity contribution in [3.05, 3.63) is 58.1 Å². The molecule has 0 aliphatic heterocycles. The summed E-state index contributed by atoms with van der Waals surface area (Å²) in [6.45, 7) is 0. The highest BCUT2D eigenvalue weighted by Crippen LogP contribution is 2.25. The quantitative estimate of drug-likeness (QED) is 0.520. The van der Waals surface area contributed by atoms with Gasteiger partial charge in [-0.15, -0.1) is 0 Å². The largest absolute Gasteiger partial charge is 0.506 e. The first-order valence-corrected chi connectivity index (χ1v) is 5.49. The summed E-state index contributed by atoms with van der Waals surface area (Å²) in [6.07, 6.45) is 0. The lowest BCUT2D eigenvalue weighted by atomic mass is 10.2. The van der Waals surface area contributed by atoms with Crippen molar-refractivity contribution < 1.29 is 10.0 Å². The second-order valence-corrected chi connectivity index (χ2v) is 3.79. The number of rotatable bonds is 3. The zero-order valence-corrected chi connectivity index (χ0v) is 10.1. The van der Waals surface area contributed by atoms with Crippen molar-refractivity contribution in [2.24, 2.45) is 10.2 Å². The van der Waals surface area contributed by atoms with Crippen LogP contribution in [0.4, 0.5) is 17.1 Å². The summed E-state index contributed by atoms with van der Waals surface area (Å²) in [5.41, 5.74) is 0.943. The predicted octanol–water partition coefficient (Wildman–Crippen LogP) is 3.59. The molecule has 0 saturated carbocycles. The number of nitrogens with zero attached hydrogens (tertiary/aromatic N) is 4. The Morgan fingerprint density at radius 1 is 1.10 bits per heavy atom. The average molecular weight is 268 g/mol. The Kier molecular flexibility index (Phi) is 3.67. The third-order valence-corrected chi connectivity index (χ3v) is 2.44. The third kappa shape index (κ3) is 2.94. The normalized spacial score (nSPS) is 10.3. The number of azo groups is 1. The van der Waals surface area contributed by atoms with Crippen LogP contribution in [0.3, 0.4) is 0 Å². The van der Waals surface area contributed by atoms with Crippen molar-refractivity contribution >= 4 is 17.1 Å². The van der Waals surface area contributed by atoms with E-state index in [9.17, 15) is 15.2 Å². The standard InChI is InChI=1S/C13H8N4O3/c14-8-9-1-2-11(7-13(9)18)16-15-10-3-5-12(6-4-10)17(19)20/h1-7,18H/b16-15+. The van der Waals surface area contributed by atoms with E-state index < -0.39 is 4.92 Å². The first kappa shape index (κ1) is 13.2. The van der Waals surface area contributed by atoms with Gasteiger partial charge >= 0.3 is 0 Å². The number of phenols is 1. The molecule has 0 spiro atoms. The number of hydrogen-bond acceptors (Lipinski definition) is 6. The van der Waals surface area contributed by atoms with Gasteiger partial charge in [-0.05, 0) is 24.3 Å². The van der Waals surface area contributed by atoms with Crippen molar-refractivity contribution in [3.63, 3.8) is 0 Å². The lowest BCUT2D eigenvalue weighted by Gasteiger charge is -1.97. The Morgan fingerprint density at radius 3 is 2.25 bits per heavy atom. The molecule has 7 nitrogen and oxygen atoms in total. The average Bonchev–Trinajstić information content (AvgIpc) is 2.45. The molecule has 0 fully saturated rings. The zero-order valence-electron chi connectivity index (χ0n) is 10.1. The molecule has 0 unspecified atom stereocenters. The first-order valence-electron chi connectivity index (χ1n) is 5.49. The zero-order chi connectivity index (χ0) is 14.5. The van der Waals surface area contributed by atoms with E-state index in [-0.39, 0.29) is 17.0 Å². The second kappa shape index (κ2) is 5.58. The minimum absolute atomic E-state index is 0.0278. The molecular weight excluding hydrogens is 260 g/mol. The van der Waals surface area contributed by atoms with E-state index in [0.29, 0.717) is 11.4 Å². The Balaban J connectivity index is 2.19. The topological polar surface area (TPSA) is 112 Å². The van der Waals surface area contributed by atoms with Crippen molar-refractivity contribution in [1.82, 2.24) is 0 Å². The summed E-state index contributed by atoms with van der Waals surface area (Å²) < 4.78 is 0. The molecule has 0 aliphatic rings. The van der Waals surface area contributed by atoms with Crippen molar-refractivity contribution in [2.45, 2.75) is 0 Å². The molecule has 0 atom stereocenters. The highest BCUT2D eigenvalue weighted by Gasteiger charge is 2.03. The molecule has 0 heterocycles. The van der Waals surface area contributed by atoms with Crippen LogP contribution >= 0.6 is 0 Å². The molecule has 0 radical (unpaired) electrons. The maximum absolute atomic E-state index is 10.5. The lowest BCUT2D eigenvalue weighted by molar-refractivity contribution is -0.384. The van der Waals surface area contributed by atoms with Crippen LogP contribution in [0.5, 0.6) is 5.75 Å². The van der Waals surface area contributed by atoms with E-state index in [1.807, 2.05) is 6.07 Å². The van der Waals surface area contributed by atoms with Gasteiger partial charge in [0.2, 0.25) is 0 Å². The molecule has 0 bridgehead atoms. The minimum atomic E-state index is -0.500. The van der Waals surface area contributed by atoms with Crippen molar-refractivity contribution in [3.8, 4) is 11.8 Å². The summed E-state index contributed by atoms with van der Waals surface area (Å²) in [7, 11) is 0. The monoisotopic (exact) mass is 268 g/mol. The van der Waals surface area contributed by atoms with E-state index in [4.69, 9.17) is 5.26 Å². The number of nitro benzene ring substituents is 1. The Labute approximate surface area is 113 Å². The fourth-order valence-corrected chi connectivity index (χ4v) is 1.43. The summed E-state index contributed by atoms with van der Waals surface area (Å²) >= 11 is 0. The van der Waals surface area contributed by atoms with Gasteiger partial charge < -0.3 is 5.11 Å². The van der Waals surface area contributed by atoms with Gasteiger partial charge in [0.05, 0.1) is 21.9 Å². The highest BCUT2D eigenvalue weighted by molar-refractivity contribution is 5.52. The van der Waals surface area contributed by atoms with Crippen LogP contribution in [0.1, 0.15) is 5.56 Å².